The van der Waals surface area contributed by atoms with Crippen LogP contribution in [0.3, 0.4) is 0 Å². The Hall–Kier alpha value is -0.0400. The maximum Gasteiger partial charge on any atom is 0.0185 e. The van der Waals surface area contributed by atoms with Crippen LogP contribution in [0.1, 0.15) is 26.2 Å². The van der Waals surface area contributed by atoms with Crippen LogP contribution in [-0.2, 0) is 0 Å². The van der Waals surface area contributed by atoms with E-state index >= 15 is 0 Å². The maximum atomic E-state index is 3.56. The van der Waals surface area contributed by atoms with Crippen molar-refractivity contribution in [2.24, 2.45) is 5.92 Å². The van der Waals surface area contributed by atoms with Crippen LogP contribution in [-0.4, -0.2) is 12.1 Å². The number of hydrogen-bond acceptors (Lipinski definition) is 1. The van der Waals surface area contributed by atoms with Crippen LogP contribution in [0.4, 0.5) is 0 Å². The molecule has 2 aliphatic heterocycles. The molecule has 0 aromatic carbocycles. The van der Waals surface area contributed by atoms with E-state index < -0.39 is 0 Å². The van der Waals surface area contributed by atoms with Gasteiger partial charge in [-0.3, -0.25) is 0 Å². The van der Waals surface area contributed by atoms with Gasteiger partial charge in [0.15, 0.2) is 0 Å². The highest BCUT2D eigenvalue weighted by Crippen LogP contribution is 2.45. The van der Waals surface area contributed by atoms with Crippen molar-refractivity contribution >= 4 is 0 Å². The van der Waals surface area contributed by atoms with E-state index in [0.29, 0.717) is 5.54 Å². The second-order valence-corrected chi connectivity index (χ2v) is 3.29. The SMILES string of the molecule is CCC12CC(CN1)C2. The third-order valence-corrected chi connectivity index (χ3v) is 2.80. The predicted molar refractivity (Wildman–Crippen MR) is 33.7 cm³/mol. The molecule has 8 heavy (non-hydrogen) atoms. The van der Waals surface area contributed by atoms with Crippen molar-refractivity contribution in [1.29, 1.82) is 0 Å². The topological polar surface area (TPSA) is 12.0 Å². The smallest absolute Gasteiger partial charge is 0.0185 e. The minimum Gasteiger partial charge on any atom is -0.311 e. The van der Waals surface area contributed by atoms with E-state index in [4.69, 9.17) is 0 Å². The first-order valence-corrected chi connectivity index (χ1v) is 3.60. The molecule has 2 saturated heterocycles. The summed E-state index contributed by atoms with van der Waals surface area (Å²) in [6, 6.07) is 0. The monoisotopic (exact) mass is 111 g/mol. The molecule has 1 N–H and O–H groups in total. The normalized spacial score (nSPS) is 51.4. The third kappa shape index (κ3) is 0.408. The average molecular weight is 111 g/mol. The highest BCUT2D eigenvalue weighted by molar-refractivity contribution is 5.07. The summed E-state index contributed by atoms with van der Waals surface area (Å²) < 4.78 is 0. The van der Waals surface area contributed by atoms with Gasteiger partial charge in [0.1, 0.15) is 0 Å². The Kier molecular flexibility index (Phi) is 0.762. The molecular weight excluding hydrogens is 98.1 g/mol. The Bertz CT molecular complexity index is 97.4. The number of rotatable bonds is 1. The third-order valence-electron chi connectivity index (χ3n) is 2.80. The molecule has 0 amide bonds. The van der Waals surface area contributed by atoms with Gasteiger partial charge in [0.2, 0.25) is 0 Å². The second kappa shape index (κ2) is 1.27. The van der Waals surface area contributed by atoms with Crippen LogP contribution >= 0.6 is 0 Å². The van der Waals surface area contributed by atoms with E-state index in [-0.39, 0.29) is 0 Å². The molecule has 0 radical (unpaired) electrons. The van der Waals surface area contributed by atoms with E-state index in [1.807, 2.05) is 0 Å². The summed E-state index contributed by atoms with van der Waals surface area (Å²) in [5.74, 6) is 1.05. The standard InChI is InChI=1S/C7H13N/c1-2-7-3-6(4-7)5-8-7/h6,8H,2-5H2,1H3. The Morgan fingerprint density at radius 3 is 2.62 bits per heavy atom. The summed E-state index contributed by atoms with van der Waals surface area (Å²) in [7, 11) is 0. The minimum absolute atomic E-state index is 0.630. The molecule has 0 spiro atoms. The van der Waals surface area contributed by atoms with Gasteiger partial charge in [-0.25, -0.2) is 0 Å². The molecule has 3 rings (SSSR count). The highest BCUT2D eigenvalue weighted by atomic mass is 15.1. The molecule has 0 atom stereocenters. The van der Waals surface area contributed by atoms with Crippen LogP contribution in [0.2, 0.25) is 0 Å². The van der Waals surface area contributed by atoms with Gasteiger partial charge in [-0.2, -0.15) is 0 Å². The zero-order valence-electron chi connectivity index (χ0n) is 5.41. The van der Waals surface area contributed by atoms with Gasteiger partial charge >= 0.3 is 0 Å². The van der Waals surface area contributed by atoms with Gasteiger partial charge in [-0.1, -0.05) is 6.92 Å². The van der Waals surface area contributed by atoms with Crippen molar-refractivity contribution in [3.8, 4) is 0 Å². The lowest BCUT2D eigenvalue weighted by atomic mass is 9.72. The molecule has 3 fully saturated rings. The first-order valence-electron chi connectivity index (χ1n) is 3.60. The minimum atomic E-state index is 0.630. The zero-order chi connectivity index (χ0) is 5.61. The van der Waals surface area contributed by atoms with Crippen molar-refractivity contribution < 1.29 is 0 Å². The van der Waals surface area contributed by atoms with Crippen LogP contribution in [0, 0.1) is 5.92 Å². The maximum absolute atomic E-state index is 3.56. The summed E-state index contributed by atoms with van der Waals surface area (Å²) >= 11 is 0. The lowest BCUT2D eigenvalue weighted by Crippen LogP contribution is -2.42. The first-order chi connectivity index (χ1) is 3.85. The number of hydrogen-bond donors (Lipinski definition) is 1. The summed E-state index contributed by atoms with van der Waals surface area (Å²) in [6.45, 7) is 3.59. The molecule has 46 valence electrons. The van der Waals surface area contributed by atoms with Crippen molar-refractivity contribution in [1.82, 2.24) is 5.32 Å². The van der Waals surface area contributed by atoms with Crippen molar-refractivity contribution in [2.45, 2.75) is 31.7 Å². The van der Waals surface area contributed by atoms with Gasteiger partial charge in [0.25, 0.3) is 0 Å². The summed E-state index contributed by atoms with van der Waals surface area (Å²) in [5.41, 5.74) is 0.630. The van der Waals surface area contributed by atoms with Gasteiger partial charge in [-0.15, -0.1) is 0 Å². The Morgan fingerprint density at radius 1 is 1.62 bits per heavy atom. The lowest BCUT2D eigenvalue weighted by molar-refractivity contribution is 0.219. The molecule has 3 aliphatic rings. The lowest BCUT2D eigenvalue weighted by Gasteiger charge is -2.36. The van der Waals surface area contributed by atoms with Gasteiger partial charge < -0.3 is 5.32 Å². The molecule has 1 nitrogen and oxygen atoms in total. The van der Waals surface area contributed by atoms with Gasteiger partial charge in [-0.05, 0) is 31.7 Å². The molecule has 0 aromatic rings. The molecule has 0 aromatic heterocycles. The molecule has 2 bridgehead atoms. The Morgan fingerprint density at radius 2 is 2.38 bits per heavy atom. The van der Waals surface area contributed by atoms with E-state index in [1.165, 1.54) is 25.8 Å². The Balaban J connectivity index is 2.09. The molecule has 0 unspecified atom stereocenters. The number of fused-ring (bicyclic) bond motifs is 1. The van der Waals surface area contributed by atoms with Crippen molar-refractivity contribution in [3.63, 3.8) is 0 Å². The van der Waals surface area contributed by atoms with Gasteiger partial charge in [0.05, 0.1) is 0 Å². The van der Waals surface area contributed by atoms with Crippen molar-refractivity contribution in [3.05, 3.63) is 0 Å². The quantitative estimate of drug-likeness (QED) is 0.535. The highest BCUT2D eigenvalue weighted by Gasteiger charge is 2.48. The molecule has 1 heteroatoms. The Labute approximate surface area is 50.5 Å². The predicted octanol–water partition coefficient (Wildman–Crippen LogP) is 1.15. The van der Waals surface area contributed by atoms with Crippen LogP contribution in [0.5, 0.6) is 0 Å². The van der Waals surface area contributed by atoms with E-state index in [1.54, 1.807) is 0 Å². The zero-order valence-corrected chi connectivity index (χ0v) is 5.41. The largest absolute Gasteiger partial charge is 0.311 e. The molecule has 1 aliphatic carbocycles. The van der Waals surface area contributed by atoms with Crippen LogP contribution < -0.4 is 5.32 Å². The van der Waals surface area contributed by atoms with E-state index in [2.05, 4.69) is 12.2 Å². The molecular formula is C7H13N. The van der Waals surface area contributed by atoms with Crippen LogP contribution in [0.15, 0.2) is 0 Å². The summed E-state index contributed by atoms with van der Waals surface area (Å²) in [6.07, 6.45) is 4.26. The fourth-order valence-electron chi connectivity index (χ4n) is 2.11. The fourth-order valence-corrected chi connectivity index (χ4v) is 2.11. The average Bonchev–Trinajstić information content (AvgIpc) is 2.17. The van der Waals surface area contributed by atoms with E-state index in [0.717, 1.165) is 5.92 Å². The fraction of sp³-hybridized carbons (Fsp3) is 1.00. The summed E-state index contributed by atoms with van der Waals surface area (Å²) in [5, 5.41) is 3.56. The summed E-state index contributed by atoms with van der Waals surface area (Å²) in [4.78, 5) is 0. The molecule has 2 heterocycles. The first kappa shape index (κ1) is 4.80. The van der Waals surface area contributed by atoms with E-state index in [9.17, 15) is 0 Å². The van der Waals surface area contributed by atoms with Gasteiger partial charge in [0, 0.05) is 5.54 Å². The second-order valence-electron chi connectivity index (χ2n) is 3.29. The van der Waals surface area contributed by atoms with Crippen molar-refractivity contribution in [2.75, 3.05) is 6.54 Å². The van der Waals surface area contributed by atoms with Crippen LogP contribution in [0.25, 0.3) is 0 Å². The number of nitrogens with one attached hydrogen (secondary N) is 1. The molecule has 1 saturated carbocycles.